The lowest BCUT2D eigenvalue weighted by Gasteiger charge is -2.05. The molecule has 1 heterocycles. The molecule has 0 amide bonds. The highest BCUT2D eigenvalue weighted by Crippen LogP contribution is 2.11. The monoisotopic (exact) mass is 180 g/mol. The van der Waals surface area contributed by atoms with Gasteiger partial charge in [0, 0.05) is 13.2 Å². The minimum absolute atomic E-state index is 0.326. The van der Waals surface area contributed by atoms with Crippen molar-refractivity contribution in [1.82, 2.24) is 4.98 Å². The number of nitrogens with zero attached hydrogens (tertiary/aromatic N) is 1. The van der Waals surface area contributed by atoms with E-state index in [1.54, 1.807) is 32.3 Å². The smallest absolute Gasteiger partial charge is 0.359 e. The van der Waals surface area contributed by atoms with Gasteiger partial charge in [0.05, 0.1) is 12.3 Å². The van der Waals surface area contributed by atoms with Crippen LogP contribution in [0.1, 0.15) is 17.4 Å². The van der Waals surface area contributed by atoms with Gasteiger partial charge in [-0.05, 0) is 19.1 Å². The predicted octanol–water partition coefficient (Wildman–Crippen LogP) is 1.30. The molecule has 4 nitrogen and oxygen atoms in total. The molecule has 0 aliphatic carbocycles. The zero-order valence-corrected chi connectivity index (χ0v) is 7.70. The van der Waals surface area contributed by atoms with Gasteiger partial charge in [-0.15, -0.1) is 0 Å². The van der Waals surface area contributed by atoms with Crippen molar-refractivity contribution in [3.05, 3.63) is 24.0 Å². The summed E-state index contributed by atoms with van der Waals surface area (Å²) in [6.45, 7) is 2.12. The molecular formula is C9H12N2O2. The fraction of sp³-hybridized carbons (Fsp3) is 0.333. The maximum Gasteiger partial charge on any atom is 0.359 e. The Morgan fingerprint density at radius 2 is 2.46 bits per heavy atom. The minimum Gasteiger partial charge on any atom is -0.461 e. The van der Waals surface area contributed by atoms with Crippen molar-refractivity contribution in [2.75, 3.05) is 19.0 Å². The number of carbonyl (C=O) groups excluding carboxylic acids is 1. The molecular weight excluding hydrogens is 168 g/mol. The van der Waals surface area contributed by atoms with E-state index in [2.05, 4.69) is 10.3 Å². The van der Waals surface area contributed by atoms with Crippen LogP contribution in [0, 0.1) is 0 Å². The standard InChI is InChI=1S/C9H12N2O2/c1-3-13-9(12)8-7(10-2)5-4-6-11-8/h4-6,10H,3H2,1-2H3. The Labute approximate surface area is 76.9 Å². The van der Waals surface area contributed by atoms with Gasteiger partial charge in [0.2, 0.25) is 0 Å². The first kappa shape index (κ1) is 9.51. The number of nitrogens with one attached hydrogen (secondary N) is 1. The van der Waals surface area contributed by atoms with Gasteiger partial charge in [0.15, 0.2) is 5.69 Å². The van der Waals surface area contributed by atoms with Crippen LogP contribution in [-0.4, -0.2) is 24.6 Å². The van der Waals surface area contributed by atoms with Crippen molar-refractivity contribution in [2.24, 2.45) is 0 Å². The van der Waals surface area contributed by atoms with E-state index in [-0.39, 0.29) is 0 Å². The van der Waals surface area contributed by atoms with Crippen molar-refractivity contribution in [3.8, 4) is 0 Å². The van der Waals surface area contributed by atoms with Crippen LogP contribution >= 0.6 is 0 Å². The Morgan fingerprint density at radius 1 is 1.69 bits per heavy atom. The number of rotatable bonds is 3. The highest BCUT2D eigenvalue weighted by molar-refractivity contribution is 5.93. The third-order valence-corrected chi connectivity index (χ3v) is 1.55. The molecule has 1 aromatic rings. The number of hydrogen-bond donors (Lipinski definition) is 1. The Bertz CT molecular complexity index is 299. The van der Waals surface area contributed by atoms with E-state index >= 15 is 0 Å². The lowest BCUT2D eigenvalue weighted by molar-refractivity contribution is 0.0521. The molecule has 4 heteroatoms. The van der Waals surface area contributed by atoms with Crippen LogP contribution in [0.25, 0.3) is 0 Å². The van der Waals surface area contributed by atoms with Crippen molar-refractivity contribution < 1.29 is 9.53 Å². The van der Waals surface area contributed by atoms with E-state index in [9.17, 15) is 4.79 Å². The summed E-state index contributed by atoms with van der Waals surface area (Å²) in [7, 11) is 1.74. The van der Waals surface area contributed by atoms with E-state index in [0.717, 1.165) is 0 Å². The highest BCUT2D eigenvalue weighted by Gasteiger charge is 2.11. The second-order valence-electron chi connectivity index (χ2n) is 2.37. The van der Waals surface area contributed by atoms with Gasteiger partial charge in [-0.2, -0.15) is 0 Å². The number of anilines is 1. The van der Waals surface area contributed by atoms with Gasteiger partial charge in [0.25, 0.3) is 0 Å². The van der Waals surface area contributed by atoms with E-state index in [1.165, 1.54) is 0 Å². The van der Waals surface area contributed by atoms with Crippen molar-refractivity contribution >= 4 is 11.7 Å². The van der Waals surface area contributed by atoms with Crippen LogP contribution < -0.4 is 5.32 Å². The topological polar surface area (TPSA) is 51.2 Å². The average Bonchev–Trinajstić information content (AvgIpc) is 2.18. The summed E-state index contributed by atoms with van der Waals surface area (Å²) in [6, 6.07) is 3.54. The van der Waals surface area contributed by atoms with Crippen LogP contribution in [0.2, 0.25) is 0 Å². The molecule has 1 rings (SSSR count). The Morgan fingerprint density at radius 3 is 3.08 bits per heavy atom. The lowest BCUT2D eigenvalue weighted by Crippen LogP contribution is -2.09. The van der Waals surface area contributed by atoms with Crippen LogP contribution in [0.3, 0.4) is 0 Å². The van der Waals surface area contributed by atoms with Gasteiger partial charge < -0.3 is 10.1 Å². The number of pyridine rings is 1. The summed E-state index contributed by atoms with van der Waals surface area (Å²) < 4.78 is 4.83. The van der Waals surface area contributed by atoms with E-state index in [1.807, 2.05) is 0 Å². The molecule has 0 aliphatic heterocycles. The highest BCUT2D eigenvalue weighted by atomic mass is 16.5. The fourth-order valence-corrected chi connectivity index (χ4v) is 0.969. The first-order valence-corrected chi connectivity index (χ1v) is 4.09. The zero-order chi connectivity index (χ0) is 9.68. The number of esters is 1. The largest absolute Gasteiger partial charge is 0.461 e. The van der Waals surface area contributed by atoms with Crippen LogP contribution in [0.5, 0.6) is 0 Å². The van der Waals surface area contributed by atoms with Gasteiger partial charge in [-0.3, -0.25) is 0 Å². The predicted molar refractivity (Wildman–Crippen MR) is 49.7 cm³/mol. The maximum atomic E-state index is 11.3. The lowest BCUT2D eigenvalue weighted by atomic mass is 10.3. The molecule has 70 valence electrons. The Balaban J connectivity index is 2.92. The number of carbonyl (C=O) groups is 1. The Hall–Kier alpha value is -1.58. The third kappa shape index (κ3) is 2.18. The normalized spacial score (nSPS) is 9.38. The molecule has 0 bridgehead atoms. The molecule has 0 saturated carbocycles. The van der Waals surface area contributed by atoms with E-state index in [4.69, 9.17) is 4.74 Å². The summed E-state index contributed by atoms with van der Waals surface area (Å²) in [6.07, 6.45) is 1.56. The summed E-state index contributed by atoms with van der Waals surface area (Å²) in [5, 5.41) is 2.87. The van der Waals surface area contributed by atoms with Crippen LogP contribution in [0.4, 0.5) is 5.69 Å². The molecule has 0 fully saturated rings. The van der Waals surface area contributed by atoms with Crippen molar-refractivity contribution in [3.63, 3.8) is 0 Å². The Kier molecular flexibility index (Phi) is 3.25. The molecule has 0 spiro atoms. The molecule has 0 aliphatic rings. The SMILES string of the molecule is CCOC(=O)c1ncccc1NC. The minimum atomic E-state index is -0.396. The summed E-state index contributed by atoms with van der Waals surface area (Å²) in [5.41, 5.74) is 1.01. The van der Waals surface area contributed by atoms with Gasteiger partial charge in [0.1, 0.15) is 0 Å². The summed E-state index contributed by atoms with van der Waals surface area (Å²) in [4.78, 5) is 15.2. The van der Waals surface area contributed by atoms with E-state index < -0.39 is 5.97 Å². The fourth-order valence-electron chi connectivity index (χ4n) is 0.969. The number of aromatic nitrogens is 1. The summed E-state index contributed by atoms with van der Waals surface area (Å²) in [5.74, 6) is -0.396. The van der Waals surface area contributed by atoms with E-state index in [0.29, 0.717) is 18.0 Å². The number of ether oxygens (including phenoxy) is 1. The molecule has 0 radical (unpaired) electrons. The molecule has 0 atom stereocenters. The number of hydrogen-bond acceptors (Lipinski definition) is 4. The maximum absolute atomic E-state index is 11.3. The van der Waals surface area contributed by atoms with Crippen molar-refractivity contribution in [1.29, 1.82) is 0 Å². The quantitative estimate of drug-likeness (QED) is 0.712. The molecule has 0 saturated heterocycles. The van der Waals surface area contributed by atoms with Crippen LogP contribution in [0.15, 0.2) is 18.3 Å². The third-order valence-electron chi connectivity index (χ3n) is 1.55. The van der Waals surface area contributed by atoms with Crippen molar-refractivity contribution in [2.45, 2.75) is 6.92 Å². The van der Waals surface area contributed by atoms with Gasteiger partial charge >= 0.3 is 5.97 Å². The molecule has 13 heavy (non-hydrogen) atoms. The average molecular weight is 180 g/mol. The second kappa shape index (κ2) is 4.45. The van der Waals surface area contributed by atoms with Gasteiger partial charge in [-0.1, -0.05) is 0 Å². The molecule has 0 unspecified atom stereocenters. The first-order valence-electron chi connectivity index (χ1n) is 4.09. The summed E-state index contributed by atoms with van der Waals surface area (Å²) >= 11 is 0. The van der Waals surface area contributed by atoms with Crippen LogP contribution in [-0.2, 0) is 4.74 Å². The molecule has 0 aromatic carbocycles. The zero-order valence-electron chi connectivity index (χ0n) is 7.70. The van der Waals surface area contributed by atoms with Gasteiger partial charge in [-0.25, -0.2) is 9.78 Å². The molecule has 1 aromatic heterocycles. The second-order valence-corrected chi connectivity index (χ2v) is 2.37. The first-order chi connectivity index (χ1) is 6.29. The molecule has 1 N–H and O–H groups in total.